The molecule has 0 radical (unpaired) electrons. The molecule has 0 spiro atoms. The second-order valence-electron chi connectivity index (χ2n) is 3.27. The zero-order chi connectivity index (χ0) is 11.8. The van der Waals surface area contributed by atoms with Crippen LogP contribution < -0.4 is 4.74 Å². The van der Waals surface area contributed by atoms with Crippen molar-refractivity contribution in [2.45, 2.75) is 19.8 Å². The number of benzene rings is 1. The highest BCUT2D eigenvalue weighted by Crippen LogP contribution is 2.18. The topological polar surface area (TPSA) is 38.7 Å². The third-order valence-electron chi connectivity index (χ3n) is 2.10. The molecule has 0 atom stereocenters. The van der Waals surface area contributed by atoms with E-state index < -0.39 is 0 Å². The van der Waals surface area contributed by atoms with E-state index in [1.54, 1.807) is 6.07 Å². The van der Waals surface area contributed by atoms with Crippen LogP contribution in [0, 0.1) is 5.82 Å². The summed E-state index contributed by atoms with van der Waals surface area (Å²) < 4.78 is 18.5. The van der Waals surface area contributed by atoms with Crippen LogP contribution >= 0.6 is 0 Å². The summed E-state index contributed by atoms with van der Waals surface area (Å²) in [6.45, 7) is 2.69. The molecule has 0 aliphatic heterocycles. The highest BCUT2D eigenvalue weighted by Gasteiger charge is 2.03. The molecule has 0 fully saturated rings. The summed E-state index contributed by atoms with van der Waals surface area (Å²) in [6.07, 6.45) is 2.87. The van der Waals surface area contributed by atoms with Gasteiger partial charge in [0.1, 0.15) is 0 Å². The van der Waals surface area contributed by atoms with Crippen molar-refractivity contribution in [3.05, 3.63) is 29.6 Å². The Labute approximate surface area is 94.0 Å². The second kappa shape index (κ2) is 6.75. The molecule has 1 aromatic rings. The highest BCUT2D eigenvalue weighted by molar-refractivity contribution is 5.33. The first-order valence-electron chi connectivity index (χ1n) is 5.22. The van der Waals surface area contributed by atoms with Crippen LogP contribution in [-0.4, -0.2) is 19.2 Å². The first kappa shape index (κ1) is 12.4. The van der Waals surface area contributed by atoms with E-state index in [0.717, 1.165) is 5.56 Å². The molecule has 86 valence electrons. The van der Waals surface area contributed by atoms with Crippen LogP contribution in [0.3, 0.4) is 0 Å². The Bertz CT molecular complexity index is 387. The fourth-order valence-electron chi connectivity index (χ4n) is 1.38. The lowest BCUT2D eigenvalue weighted by atomic mass is 10.1. The summed E-state index contributed by atoms with van der Waals surface area (Å²) in [5.41, 5.74) is 0.877. The van der Waals surface area contributed by atoms with Crippen LogP contribution in [0.1, 0.15) is 18.9 Å². The standard InChI is InChI=1S/C12H14FNO2/c1-2-16-12-6-5-10(8-11(12)13)4-3-7-14-9-15/h5-6,8H,2-4,7H2,1H3. The molecule has 0 aliphatic rings. The van der Waals surface area contributed by atoms with Crippen LogP contribution in [0.2, 0.25) is 0 Å². The van der Waals surface area contributed by atoms with E-state index in [1.165, 1.54) is 12.1 Å². The zero-order valence-electron chi connectivity index (χ0n) is 9.20. The fourth-order valence-corrected chi connectivity index (χ4v) is 1.38. The molecular weight excluding hydrogens is 209 g/mol. The Kier molecular flexibility index (Phi) is 5.23. The van der Waals surface area contributed by atoms with Gasteiger partial charge in [-0.15, -0.1) is 0 Å². The lowest BCUT2D eigenvalue weighted by Crippen LogP contribution is -1.96. The number of carbonyl (C=O) groups excluding carboxylic acids is 1. The van der Waals surface area contributed by atoms with Crippen LogP contribution in [0.15, 0.2) is 23.2 Å². The maximum atomic E-state index is 13.4. The van der Waals surface area contributed by atoms with Gasteiger partial charge in [-0.2, -0.15) is 0 Å². The van der Waals surface area contributed by atoms with Gasteiger partial charge in [-0.05, 0) is 37.5 Å². The molecule has 0 saturated heterocycles. The number of hydrogen-bond acceptors (Lipinski definition) is 3. The molecular formula is C12H14FNO2. The molecule has 0 aliphatic carbocycles. The Morgan fingerprint density at radius 1 is 1.50 bits per heavy atom. The van der Waals surface area contributed by atoms with E-state index in [2.05, 4.69) is 4.99 Å². The number of rotatable bonds is 6. The van der Waals surface area contributed by atoms with Gasteiger partial charge in [0, 0.05) is 0 Å². The minimum atomic E-state index is -0.349. The zero-order valence-corrected chi connectivity index (χ0v) is 9.20. The quantitative estimate of drug-likeness (QED) is 0.422. The minimum absolute atomic E-state index is 0.275. The molecule has 0 aromatic heterocycles. The molecule has 1 rings (SSSR count). The van der Waals surface area contributed by atoms with E-state index in [9.17, 15) is 9.18 Å². The molecule has 0 bridgehead atoms. The van der Waals surface area contributed by atoms with Gasteiger partial charge in [0.25, 0.3) is 0 Å². The molecule has 4 heteroatoms. The number of hydrogen-bond donors (Lipinski definition) is 0. The summed E-state index contributed by atoms with van der Waals surface area (Å²) >= 11 is 0. The normalized spacial score (nSPS) is 9.62. The van der Waals surface area contributed by atoms with E-state index >= 15 is 0 Å². The lowest BCUT2D eigenvalue weighted by Gasteiger charge is -2.06. The van der Waals surface area contributed by atoms with Crippen LogP contribution in [0.5, 0.6) is 5.75 Å². The maximum Gasteiger partial charge on any atom is 0.234 e. The predicted octanol–water partition coefficient (Wildman–Crippen LogP) is 2.49. The smallest absolute Gasteiger partial charge is 0.234 e. The average Bonchev–Trinajstić information content (AvgIpc) is 2.28. The Balaban J connectivity index is 2.55. The predicted molar refractivity (Wildman–Crippen MR) is 58.9 cm³/mol. The van der Waals surface area contributed by atoms with Crippen molar-refractivity contribution in [2.24, 2.45) is 4.99 Å². The number of ether oxygens (including phenoxy) is 1. The number of aliphatic imine (C=N–C) groups is 1. The molecule has 0 amide bonds. The number of halogens is 1. The van der Waals surface area contributed by atoms with Crippen LogP contribution in [-0.2, 0) is 11.2 Å². The molecule has 16 heavy (non-hydrogen) atoms. The van der Waals surface area contributed by atoms with Crippen molar-refractivity contribution in [3.63, 3.8) is 0 Å². The third kappa shape index (κ3) is 3.83. The number of nitrogens with zero attached hydrogens (tertiary/aromatic N) is 1. The summed E-state index contributed by atoms with van der Waals surface area (Å²) in [5, 5.41) is 0. The molecule has 0 unspecified atom stereocenters. The lowest BCUT2D eigenvalue weighted by molar-refractivity contribution is 0.321. The Hall–Kier alpha value is -1.67. The van der Waals surface area contributed by atoms with Crippen molar-refractivity contribution in [2.75, 3.05) is 13.2 Å². The van der Waals surface area contributed by atoms with Gasteiger partial charge >= 0.3 is 0 Å². The van der Waals surface area contributed by atoms with Gasteiger partial charge in [0.05, 0.1) is 13.2 Å². The van der Waals surface area contributed by atoms with E-state index in [1.807, 2.05) is 13.0 Å². The van der Waals surface area contributed by atoms with Gasteiger partial charge < -0.3 is 4.74 Å². The third-order valence-corrected chi connectivity index (χ3v) is 2.10. The van der Waals surface area contributed by atoms with Crippen molar-refractivity contribution in [1.29, 1.82) is 0 Å². The van der Waals surface area contributed by atoms with Crippen LogP contribution in [0.25, 0.3) is 0 Å². The van der Waals surface area contributed by atoms with Crippen molar-refractivity contribution < 1.29 is 13.9 Å². The Morgan fingerprint density at radius 3 is 2.94 bits per heavy atom. The number of aryl methyl sites for hydroxylation is 1. The largest absolute Gasteiger partial charge is 0.491 e. The SMILES string of the molecule is CCOc1ccc(CCCN=C=O)cc1F. The van der Waals surface area contributed by atoms with Gasteiger partial charge in [-0.1, -0.05) is 6.07 Å². The van der Waals surface area contributed by atoms with E-state index in [4.69, 9.17) is 4.74 Å². The molecule has 3 nitrogen and oxygen atoms in total. The molecule has 0 saturated carbocycles. The second-order valence-corrected chi connectivity index (χ2v) is 3.27. The minimum Gasteiger partial charge on any atom is -0.491 e. The highest BCUT2D eigenvalue weighted by atomic mass is 19.1. The maximum absolute atomic E-state index is 13.4. The fraction of sp³-hybridized carbons (Fsp3) is 0.417. The summed E-state index contributed by atoms with van der Waals surface area (Å²) in [7, 11) is 0. The van der Waals surface area contributed by atoms with E-state index in [0.29, 0.717) is 26.0 Å². The molecule has 1 aromatic carbocycles. The average molecular weight is 223 g/mol. The van der Waals surface area contributed by atoms with Crippen molar-refractivity contribution >= 4 is 6.08 Å². The Morgan fingerprint density at radius 2 is 2.31 bits per heavy atom. The summed E-state index contributed by atoms with van der Waals surface area (Å²) in [5.74, 6) is -0.0737. The first-order valence-corrected chi connectivity index (χ1v) is 5.22. The number of isocyanates is 1. The first-order chi connectivity index (χ1) is 7.77. The van der Waals surface area contributed by atoms with Gasteiger partial charge in [0.15, 0.2) is 11.6 Å². The van der Waals surface area contributed by atoms with Gasteiger partial charge in [-0.3, -0.25) is 0 Å². The van der Waals surface area contributed by atoms with Crippen molar-refractivity contribution in [3.8, 4) is 5.75 Å². The molecule has 0 N–H and O–H groups in total. The monoisotopic (exact) mass is 223 g/mol. The van der Waals surface area contributed by atoms with Crippen molar-refractivity contribution in [1.82, 2.24) is 0 Å². The van der Waals surface area contributed by atoms with Gasteiger partial charge in [-0.25, -0.2) is 14.2 Å². The summed E-state index contributed by atoms with van der Waals surface area (Å²) in [6, 6.07) is 4.89. The van der Waals surface area contributed by atoms with E-state index in [-0.39, 0.29) is 11.6 Å². The molecule has 0 heterocycles. The van der Waals surface area contributed by atoms with Gasteiger partial charge in [0.2, 0.25) is 6.08 Å². The van der Waals surface area contributed by atoms with Crippen LogP contribution in [0.4, 0.5) is 4.39 Å². The summed E-state index contributed by atoms with van der Waals surface area (Å²) in [4.78, 5) is 13.3.